The Balaban J connectivity index is 3.07. The molecule has 3 nitrogen and oxygen atoms in total. The maximum absolute atomic E-state index is 11.1. The predicted molar refractivity (Wildman–Crippen MR) is 102 cm³/mol. The van der Waals surface area contributed by atoms with Crippen molar-refractivity contribution >= 4 is 6.16 Å². The van der Waals surface area contributed by atoms with E-state index < -0.39 is 6.16 Å². The average molecular weight is 341 g/mol. The van der Waals surface area contributed by atoms with Gasteiger partial charge in [-0.25, -0.2) is 4.79 Å². The van der Waals surface area contributed by atoms with Crippen LogP contribution in [0.5, 0.6) is 0 Å². The summed E-state index contributed by atoms with van der Waals surface area (Å²) in [6, 6.07) is 0. The highest BCUT2D eigenvalue weighted by atomic mass is 16.7. The minimum atomic E-state index is -0.632. The summed E-state index contributed by atoms with van der Waals surface area (Å²) < 4.78 is 9.66. The van der Waals surface area contributed by atoms with Crippen LogP contribution in [0.3, 0.4) is 0 Å². The molecule has 0 aromatic carbocycles. The van der Waals surface area contributed by atoms with Crippen molar-refractivity contribution in [1.29, 1.82) is 0 Å². The van der Waals surface area contributed by atoms with Gasteiger partial charge in [0.15, 0.2) is 0 Å². The summed E-state index contributed by atoms with van der Waals surface area (Å²) >= 11 is 0. The molecule has 0 atom stereocenters. The van der Waals surface area contributed by atoms with E-state index in [1.807, 2.05) is 0 Å². The van der Waals surface area contributed by atoms with Crippen LogP contribution in [-0.2, 0) is 9.47 Å². The highest BCUT2D eigenvalue weighted by Gasteiger charge is 2.03. The molecule has 0 spiro atoms. The van der Waals surface area contributed by atoms with Crippen LogP contribution in [-0.4, -0.2) is 12.8 Å². The molecule has 0 aliphatic carbocycles. The Hall–Kier alpha value is -0.990. The van der Waals surface area contributed by atoms with Gasteiger partial charge in [0.2, 0.25) is 0 Å². The lowest BCUT2D eigenvalue weighted by atomic mass is 10.0. The number of carbonyl (C=O) groups is 1. The van der Waals surface area contributed by atoms with E-state index >= 15 is 0 Å². The van der Waals surface area contributed by atoms with Crippen molar-refractivity contribution < 1.29 is 14.3 Å². The summed E-state index contributed by atoms with van der Waals surface area (Å²) in [5, 5.41) is 0. The maximum atomic E-state index is 11.1. The van der Waals surface area contributed by atoms with Gasteiger partial charge in [-0.15, -0.1) is 0 Å². The van der Waals surface area contributed by atoms with Gasteiger partial charge in [0.05, 0.1) is 6.61 Å². The van der Waals surface area contributed by atoms with Crippen molar-refractivity contribution in [2.24, 2.45) is 0 Å². The topological polar surface area (TPSA) is 35.5 Å². The van der Waals surface area contributed by atoms with Crippen molar-refractivity contribution in [3.8, 4) is 0 Å². The number of allylic oxidation sites excluding steroid dienone is 1. The summed E-state index contributed by atoms with van der Waals surface area (Å²) in [7, 11) is 0. The molecule has 0 radical (unpaired) electrons. The van der Waals surface area contributed by atoms with Crippen molar-refractivity contribution in [2.45, 2.75) is 110 Å². The number of unbranched alkanes of at least 4 members (excludes halogenated alkanes) is 14. The van der Waals surface area contributed by atoms with E-state index in [1.165, 1.54) is 83.5 Å². The second-order valence-corrected chi connectivity index (χ2v) is 6.85. The van der Waals surface area contributed by atoms with Crippen LogP contribution in [0.2, 0.25) is 0 Å². The lowest BCUT2D eigenvalue weighted by Crippen LogP contribution is -2.06. The number of hydrogen-bond acceptors (Lipinski definition) is 3. The normalized spacial score (nSPS) is 10.6. The van der Waals surface area contributed by atoms with Gasteiger partial charge >= 0.3 is 6.16 Å². The fourth-order valence-electron chi connectivity index (χ4n) is 2.80. The Kier molecular flexibility index (Phi) is 17.6. The zero-order valence-electron chi connectivity index (χ0n) is 16.2. The average Bonchev–Trinajstić information content (AvgIpc) is 2.53. The standard InChI is InChI=1S/C21H40O3/c1-4-5-6-7-8-9-10-11-12-13-14-15-16-17-18-19-23-21(22)24-20(2)3/h2,4-19H2,1,3H3. The molecule has 0 aromatic rings. The van der Waals surface area contributed by atoms with Crippen LogP contribution in [0.25, 0.3) is 0 Å². The third-order valence-electron chi connectivity index (χ3n) is 4.23. The minimum absolute atomic E-state index is 0.372. The second-order valence-electron chi connectivity index (χ2n) is 6.85. The summed E-state index contributed by atoms with van der Waals surface area (Å²) in [4.78, 5) is 11.1. The molecule has 0 aromatic heterocycles. The first-order chi connectivity index (χ1) is 11.7. The largest absolute Gasteiger partial charge is 0.513 e. The van der Waals surface area contributed by atoms with Crippen molar-refractivity contribution in [2.75, 3.05) is 6.61 Å². The van der Waals surface area contributed by atoms with Gasteiger partial charge in [-0.3, -0.25) is 0 Å². The molecule has 0 saturated carbocycles. The van der Waals surface area contributed by atoms with Gasteiger partial charge in [0, 0.05) is 0 Å². The Morgan fingerprint density at radius 1 is 0.708 bits per heavy atom. The third-order valence-corrected chi connectivity index (χ3v) is 4.23. The van der Waals surface area contributed by atoms with E-state index in [9.17, 15) is 4.79 Å². The lowest BCUT2D eigenvalue weighted by molar-refractivity contribution is 0.0763. The van der Waals surface area contributed by atoms with Crippen LogP contribution in [0, 0.1) is 0 Å². The summed E-state index contributed by atoms with van der Waals surface area (Å²) in [6.07, 6.45) is 19.4. The molecule has 0 N–H and O–H groups in total. The molecule has 0 heterocycles. The first kappa shape index (κ1) is 23.0. The van der Waals surface area contributed by atoms with E-state index in [-0.39, 0.29) is 0 Å². The van der Waals surface area contributed by atoms with E-state index in [1.54, 1.807) is 6.92 Å². The molecule has 0 fully saturated rings. The fourth-order valence-corrected chi connectivity index (χ4v) is 2.80. The Bertz CT molecular complexity index is 299. The van der Waals surface area contributed by atoms with Crippen LogP contribution in [0.4, 0.5) is 4.79 Å². The van der Waals surface area contributed by atoms with Crippen molar-refractivity contribution in [1.82, 2.24) is 0 Å². The smallest absolute Gasteiger partial charge is 0.434 e. The van der Waals surface area contributed by atoms with Gasteiger partial charge in [-0.05, 0) is 13.3 Å². The van der Waals surface area contributed by atoms with Crippen LogP contribution in [0.15, 0.2) is 12.3 Å². The maximum Gasteiger partial charge on any atom is 0.513 e. The fraction of sp³-hybridized carbons (Fsp3) is 0.857. The molecule has 0 aliphatic heterocycles. The monoisotopic (exact) mass is 340 g/mol. The Morgan fingerprint density at radius 3 is 1.46 bits per heavy atom. The van der Waals surface area contributed by atoms with E-state index in [0.717, 1.165) is 12.8 Å². The zero-order valence-corrected chi connectivity index (χ0v) is 16.2. The molecule has 0 saturated heterocycles. The molecule has 0 aliphatic rings. The zero-order chi connectivity index (χ0) is 17.9. The Labute approximate surface area is 150 Å². The second kappa shape index (κ2) is 18.4. The van der Waals surface area contributed by atoms with E-state index in [4.69, 9.17) is 9.47 Å². The van der Waals surface area contributed by atoms with Gasteiger partial charge < -0.3 is 9.47 Å². The lowest BCUT2D eigenvalue weighted by Gasteiger charge is -2.05. The highest BCUT2D eigenvalue weighted by molar-refractivity contribution is 5.61. The number of hydrogen-bond donors (Lipinski definition) is 0. The van der Waals surface area contributed by atoms with Crippen molar-refractivity contribution in [3.63, 3.8) is 0 Å². The summed E-state index contributed by atoms with van der Waals surface area (Å²) in [5.74, 6) is 0.372. The van der Waals surface area contributed by atoms with Gasteiger partial charge in [0.25, 0.3) is 0 Å². The quantitative estimate of drug-likeness (QED) is 0.156. The summed E-state index contributed by atoms with van der Waals surface area (Å²) in [5.41, 5.74) is 0. The van der Waals surface area contributed by atoms with Gasteiger partial charge in [0.1, 0.15) is 5.76 Å². The first-order valence-electron chi connectivity index (χ1n) is 10.2. The molecule has 3 heteroatoms. The molecule has 24 heavy (non-hydrogen) atoms. The molecule has 0 unspecified atom stereocenters. The third kappa shape index (κ3) is 19.1. The predicted octanol–water partition coefficient (Wildman–Crippen LogP) is 7.54. The van der Waals surface area contributed by atoms with Gasteiger partial charge in [-0.2, -0.15) is 0 Å². The minimum Gasteiger partial charge on any atom is -0.434 e. The number of carbonyl (C=O) groups excluding carboxylic acids is 1. The molecule has 142 valence electrons. The van der Waals surface area contributed by atoms with Crippen LogP contribution < -0.4 is 0 Å². The van der Waals surface area contributed by atoms with E-state index in [2.05, 4.69) is 13.5 Å². The molecular formula is C21H40O3. The molecule has 0 amide bonds. The Morgan fingerprint density at radius 2 is 1.08 bits per heavy atom. The molecular weight excluding hydrogens is 300 g/mol. The summed E-state index contributed by atoms with van der Waals surface area (Å²) in [6.45, 7) is 7.85. The number of ether oxygens (including phenoxy) is 2. The highest BCUT2D eigenvalue weighted by Crippen LogP contribution is 2.13. The van der Waals surface area contributed by atoms with Crippen LogP contribution >= 0.6 is 0 Å². The molecule has 0 rings (SSSR count). The SMILES string of the molecule is C=C(C)OC(=O)OCCCCCCCCCCCCCCCCC. The van der Waals surface area contributed by atoms with E-state index in [0.29, 0.717) is 12.4 Å². The van der Waals surface area contributed by atoms with Gasteiger partial charge in [-0.1, -0.05) is 103 Å². The number of rotatable bonds is 17. The van der Waals surface area contributed by atoms with Crippen molar-refractivity contribution in [3.05, 3.63) is 12.3 Å². The first-order valence-corrected chi connectivity index (χ1v) is 10.2. The molecule has 0 bridgehead atoms. The van der Waals surface area contributed by atoms with Crippen LogP contribution in [0.1, 0.15) is 110 Å².